The number of hydrogen-bond acceptors (Lipinski definition) is 4. The lowest BCUT2D eigenvalue weighted by Gasteiger charge is -2.08. The molecule has 0 saturated heterocycles. The number of aliphatic imine (C=N–C) groups is 1. The van der Waals surface area contributed by atoms with Crippen LogP contribution in [0.2, 0.25) is 0 Å². The van der Waals surface area contributed by atoms with Crippen LogP contribution in [0.1, 0.15) is 11.3 Å². The number of pyridine rings is 2. The van der Waals surface area contributed by atoms with Gasteiger partial charge >= 0.3 is 0 Å². The maximum absolute atomic E-state index is 4.63. The minimum atomic E-state index is 0.605. The Balaban J connectivity index is 1.98. The molecule has 0 fully saturated rings. The molecule has 3 aromatic rings. The first kappa shape index (κ1) is 17.2. The van der Waals surface area contributed by atoms with Crippen molar-refractivity contribution < 1.29 is 0 Å². The van der Waals surface area contributed by atoms with Crippen molar-refractivity contribution in [2.24, 2.45) is 4.99 Å². The number of allylic oxidation sites excluding steroid dienone is 2. The van der Waals surface area contributed by atoms with E-state index in [0.717, 1.165) is 33.4 Å². The number of rotatable bonds is 6. The number of fused-ring (bicyclic) bond motifs is 1. The van der Waals surface area contributed by atoms with Crippen LogP contribution in [0.25, 0.3) is 16.9 Å². The summed E-state index contributed by atoms with van der Waals surface area (Å²) >= 11 is 3.53. The van der Waals surface area contributed by atoms with Crippen LogP contribution < -0.4 is 0 Å². The number of aromatic nitrogens is 4. The molecule has 25 heavy (non-hydrogen) atoms. The standard InChI is InChI=1S/C19H18BrN5/c1-3-9-21-13-16(20)7-6-15-12-18(25-11-8-14(2)24-25)23-19-17(15)5-4-10-22-19/h3-5,7-8,10-13H,1,6,9H2,2H3/b16-7+,21-13?. The van der Waals surface area contributed by atoms with Crippen LogP contribution in [0.5, 0.6) is 0 Å². The zero-order valence-electron chi connectivity index (χ0n) is 13.9. The van der Waals surface area contributed by atoms with E-state index in [2.05, 4.69) is 48.6 Å². The zero-order chi connectivity index (χ0) is 17.6. The van der Waals surface area contributed by atoms with Gasteiger partial charge in [-0.25, -0.2) is 14.6 Å². The van der Waals surface area contributed by atoms with E-state index in [1.54, 1.807) is 23.2 Å². The van der Waals surface area contributed by atoms with Crippen LogP contribution >= 0.6 is 15.9 Å². The van der Waals surface area contributed by atoms with Crippen molar-refractivity contribution in [2.75, 3.05) is 6.54 Å². The summed E-state index contributed by atoms with van der Waals surface area (Å²) in [6.45, 7) is 6.22. The largest absolute Gasteiger partial charge is 0.288 e. The van der Waals surface area contributed by atoms with Crippen molar-refractivity contribution in [3.8, 4) is 5.82 Å². The second-order valence-corrected chi connectivity index (χ2v) is 6.41. The predicted molar refractivity (Wildman–Crippen MR) is 106 cm³/mol. The van der Waals surface area contributed by atoms with Crippen molar-refractivity contribution in [1.29, 1.82) is 0 Å². The lowest BCUT2D eigenvalue weighted by atomic mass is 10.1. The summed E-state index contributed by atoms with van der Waals surface area (Å²) < 4.78 is 2.71. The highest BCUT2D eigenvalue weighted by Crippen LogP contribution is 2.20. The van der Waals surface area contributed by atoms with Gasteiger partial charge in [0.05, 0.1) is 12.2 Å². The Morgan fingerprint density at radius 3 is 3.04 bits per heavy atom. The van der Waals surface area contributed by atoms with E-state index in [1.165, 1.54) is 0 Å². The van der Waals surface area contributed by atoms with E-state index in [9.17, 15) is 0 Å². The average molecular weight is 396 g/mol. The quantitative estimate of drug-likeness (QED) is 0.464. The highest BCUT2D eigenvalue weighted by Gasteiger charge is 2.08. The maximum atomic E-state index is 4.63. The van der Waals surface area contributed by atoms with Crippen LogP contribution in [0.15, 0.2) is 64.9 Å². The molecule has 0 spiro atoms. The van der Waals surface area contributed by atoms with Crippen molar-refractivity contribution >= 4 is 33.2 Å². The summed E-state index contributed by atoms with van der Waals surface area (Å²) in [5.74, 6) is 0.763. The Hall–Kier alpha value is -2.60. The average Bonchev–Trinajstić information content (AvgIpc) is 3.06. The van der Waals surface area contributed by atoms with Gasteiger partial charge in [-0.05, 0) is 59.1 Å². The van der Waals surface area contributed by atoms with Crippen molar-refractivity contribution in [2.45, 2.75) is 13.3 Å². The van der Waals surface area contributed by atoms with Crippen LogP contribution in [0, 0.1) is 6.92 Å². The molecule has 3 heterocycles. The number of hydrogen-bond donors (Lipinski definition) is 0. The molecule has 0 aromatic carbocycles. The normalized spacial score (nSPS) is 12.2. The number of nitrogens with zero attached hydrogens (tertiary/aromatic N) is 5. The monoisotopic (exact) mass is 395 g/mol. The summed E-state index contributed by atoms with van der Waals surface area (Å²) in [7, 11) is 0. The molecule has 0 atom stereocenters. The molecule has 6 heteroatoms. The highest BCUT2D eigenvalue weighted by molar-refractivity contribution is 9.12. The fourth-order valence-corrected chi connectivity index (χ4v) is 2.72. The van der Waals surface area contributed by atoms with Crippen molar-refractivity contribution in [3.05, 3.63) is 71.1 Å². The van der Waals surface area contributed by atoms with Gasteiger partial charge in [0, 0.05) is 28.5 Å². The van der Waals surface area contributed by atoms with Crippen molar-refractivity contribution in [3.63, 3.8) is 0 Å². The fraction of sp³-hybridized carbons (Fsp3) is 0.158. The Kier molecular flexibility index (Phi) is 5.50. The molecule has 0 bridgehead atoms. The molecule has 0 aliphatic rings. The van der Waals surface area contributed by atoms with E-state index in [4.69, 9.17) is 0 Å². The third-order valence-electron chi connectivity index (χ3n) is 3.58. The van der Waals surface area contributed by atoms with Crippen LogP contribution in [-0.2, 0) is 6.42 Å². The molecular weight excluding hydrogens is 378 g/mol. The molecule has 0 unspecified atom stereocenters. The van der Waals surface area contributed by atoms with Crippen molar-refractivity contribution in [1.82, 2.24) is 19.7 Å². The third-order valence-corrected chi connectivity index (χ3v) is 4.11. The lowest BCUT2D eigenvalue weighted by Crippen LogP contribution is -2.02. The topological polar surface area (TPSA) is 56.0 Å². The van der Waals surface area contributed by atoms with E-state index < -0.39 is 0 Å². The molecule has 0 aliphatic heterocycles. The smallest absolute Gasteiger partial charge is 0.161 e. The second kappa shape index (κ2) is 7.98. The minimum absolute atomic E-state index is 0.605. The first-order chi connectivity index (χ1) is 12.2. The van der Waals surface area contributed by atoms with Gasteiger partial charge in [-0.2, -0.15) is 5.10 Å². The van der Waals surface area contributed by atoms with Gasteiger partial charge in [0.15, 0.2) is 11.5 Å². The van der Waals surface area contributed by atoms with Gasteiger partial charge < -0.3 is 0 Å². The first-order valence-corrected chi connectivity index (χ1v) is 8.70. The van der Waals surface area contributed by atoms with Crippen LogP contribution in [-0.4, -0.2) is 32.5 Å². The Bertz CT molecular complexity index is 955. The number of aryl methyl sites for hydroxylation is 1. The van der Waals surface area contributed by atoms with E-state index in [0.29, 0.717) is 12.2 Å². The van der Waals surface area contributed by atoms with E-state index in [1.807, 2.05) is 37.4 Å². The predicted octanol–water partition coefficient (Wildman–Crippen LogP) is 4.20. The summed E-state index contributed by atoms with van der Waals surface area (Å²) in [6.07, 6.45) is 10.0. The Labute approximate surface area is 155 Å². The zero-order valence-corrected chi connectivity index (χ0v) is 15.5. The molecule has 5 nitrogen and oxygen atoms in total. The van der Waals surface area contributed by atoms with Crippen LogP contribution in [0.3, 0.4) is 0 Å². The summed E-state index contributed by atoms with van der Waals surface area (Å²) in [5, 5.41) is 5.48. The summed E-state index contributed by atoms with van der Waals surface area (Å²) in [6, 6.07) is 7.97. The Morgan fingerprint density at radius 1 is 1.40 bits per heavy atom. The molecule has 0 saturated carbocycles. The molecular formula is C19H18BrN5. The molecule has 0 N–H and O–H groups in total. The van der Waals surface area contributed by atoms with E-state index in [-0.39, 0.29) is 0 Å². The molecule has 0 radical (unpaired) electrons. The van der Waals surface area contributed by atoms with Gasteiger partial charge in [0.2, 0.25) is 0 Å². The van der Waals surface area contributed by atoms with Gasteiger partial charge in [-0.15, -0.1) is 6.58 Å². The lowest BCUT2D eigenvalue weighted by molar-refractivity contribution is 0.834. The molecule has 3 rings (SSSR count). The van der Waals surface area contributed by atoms with Gasteiger partial charge in [-0.1, -0.05) is 12.2 Å². The molecule has 0 aliphatic carbocycles. The Morgan fingerprint density at radius 2 is 2.28 bits per heavy atom. The summed E-state index contributed by atoms with van der Waals surface area (Å²) in [4.78, 5) is 13.3. The van der Waals surface area contributed by atoms with Gasteiger partial charge in [0.1, 0.15) is 0 Å². The SMILES string of the molecule is C=CCN=C/C(Br)=C\Cc1cc(-n2ccc(C)n2)nc2ncccc12. The van der Waals surface area contributed by atoms with E-state index >= 15 is 0 Å². The molecule has 3 aromatic heterocycles. The fourth-order valence-electron chi connectivity index (χ4n) is 2.41. The summed E-state index contributed by atoms with van der Waals surface area (Å²) in [5.41, 5.74) is 2.80. The highest BCUT2D eigenvalue weighted by atomic mass is 79.9. The molecule has 0 amide bonds. The minimum Gasteiger partial charge on any atom is -0.288 e. The number of halogens is 1. The third kappa shape index (κ3) is 4.28. The maximum Gasteiger partial charge on any atom is 0.161 e. The van der Waals surface area contributed by atoms with Gasteiger partial charge in [-0.3, -0.25) is 4.99 Å². The molecule has 126 valence electrons. The first-order valence-electron chi connectivity index (χ1n) is 7.91. The van der Waals surface area contributed by atoms with Gasteiger partial charge in [0.25, 0.3) is 0 Å². The van der Waals surface area contributed by atoms with Crippen LogP contribution in [0.4, 0.5) is 0 Å². The second-order valence-electron chi connectivity index (χ2n) is 5.49.